The lowest BCUT2D eigenvalue weighted by Gasteiger charge is -2.07. The Kier molecular flexibility index (Phi) is 3.84. The predicted molar refractivity (Wildman–Crippen MR) is 73.4 cm³/mol. The number of carbonyl (C=O) groups is 1. The number of aliphatic hydroxyl groups is 1. The monoisotopic (exact) mass is 308 g/mol. The van der Waals surface area contributed by atoms with Crippen LogP contribution in [-0.4, -0.2) is 15.6 Å². The number of hydrogen-bond acceptors (Lipinski definition) is 2. The number of nitrogens with one attached hydrogen (secondary N) is 1. The average Bonchev–Trinajstić information content (AvgIpc) is 2.69. The molecule has 0 unspecified atom stereocenters. The van der Waals surface area contributed by atoms with Crippen molar-refractivity contribution in [2.45, 2.75) is 6.61 Å². The van der Waals surface area contributed by atoms with Gasteiger partial charge in [-0.1, -0.05) is 12.1 Å². The van der Waals surface area contributed by atoms with E-state index < -0.39 is 0 Å². The molecule has 2 aromatic rings. The normalized spacial score (nSPS) is 10.4. The van der Waals surface area contributed by atoms with Gasteiger partial charge in [0.2, 0.25) is 0 Å². The van der Waals surface area contributed by atoms with E-state index in [9.17, 15) is 4.79 Å². The maximum atomic E-state index is 12.0. The van der Waals surface area contributed by atoms with Crippen molar-refractivity contribution in [2.75, 3.05) is 5.32 Å². The zero-order valence-electron chi connectivity index (χ0n) is 9.85. The number of aryl methyl sites for hydroxylation is 1. The van der Waals surface area contributed by atoms with E-state index >= 15 is 0 Å². The molecule has 0 saturated heterocycles. The fourth-order valence-corrected chi connectivity index (χ4v) is 2.22. The van der Waals surface area contributed by atoms with E-state index in [1.165, 1.54) is 0 Å². The molecule has 5 heteroatoms. The first-order valence-corrected chi connectivity index (χ1v) is 6.22. The fraction of sp³-hybridized carbons (Fsp3) is 0.154. The molecule has 0 atom stereocenters. The second-order valence-electron chi connectivity index (χ2n) is 3.97. The van der Waals surface area contributed by atoms with Gasteiger partial charge in [-0.25, -0.2) is 0 Å². The molecule has 0 aliphatic rings. The summed E-state index contributed by atoms with van der Waals surface area (Å²) in [5.74, 6) is -0.182. The van der Waals surface area contributed by atoms with Crippen LogP contribution in [0.3, 0.4) is 0 Å². The summed E-state index contributed by atoms with van der Waals surface area (Å²) >= 11 is 3.33. The van der Waals surface area contributed by atoms with E-state index in [0.717, 1.165) is 10.0 Å². The van der Waals surface area contributed by atoms with Gasteiger partial charge in [0, 0.05) is 23.4 Å². The molecular weight excluding hydrogens is 296 g/mol. The summed E-state index contributed by atoms with van der Waals surface area (Å²) < 4.78 is 2.61. The summed E-state index contributed by atoms with van der Waals surface area (Å²) in [7, 11) is 1.81. The minimum absolute atomic E-state index is 0.0422. The van der Waals surface area contributed by atoms with Crippen molar-refractivity contribution in [3.05, 3.63) is 52.3 Å². The summed E-state index contributed by atoms with van der Waals surface area (Å²) in [4.78, 5) is 12.0. The second kappa shape index (κ2) is 5.37. The molecule has 94 valence electrons. The Balaban J connectivity index is 2.18. The van der Waals surface area contributed by atoms with E-state index in [4.69, 9.17) is 5.11 Å². The van der Waals surface area contributed by atoms with Crippen LogP contribution >= 0.6 is 15.9 Å². The topological polar surface area (TPSA) is 54.3 Å². The van der Waals surface area contributed by atoms with Gasteiger partial charge >= 0.3 is 0 Å². The van der Waals surface area contributed by atoms with E-state index in [-0.39, 0.29) is 12.5 Å². The Labute approximate surface area is 113 Å². The SMILES string of the molecule is Cn1cc(Br)cc1C(=O)Nc1cccc(CO)c1. The van der Waals surface area contributed by atoms with Gasteiger partial charge in [0.15, 0.2) is 0 Å². The van der Waals surface area contributed by atoms with Crippen LogP contribution in [0.1, 0.15) is 16.1 Å². The van der Waals surface area contributed by atoms with E-state index in [1.807, 2.05) is 13.2 Å². The third kappa shape index (κ3) is 2.80. The van der Waals surface area contributed by atoms with Gasteiger partial charge in [0.1, 0.15) is 5.69 Å². The van der Waals surface area contributed by atoms with Crippen molar-refractivity contribution in [3.8, 4) is 0 Å². The number of amides is 1. The number of carbonyl (C=O) groups excluding carboxylic acids is 1. The minimum Gasteiger partial charge on any atom is -0.392 e. The molecule has 18 heavy (non-hydrogen) atoms. The van der Waals surface area contributed by atoms with Crippen molar-refractivity contribution in [3.63, 3.8) is 0 Å². The van der Waals surface area contributed by atoms with Crippen LogP contribution in [0.15, 0.2) is 41.0 Å². The van der Waals surface area contributed by atoms with Gasteiger partial charge in [0.05, 0.1) is 6.61 Å². The number of halogens is 1. The Bertz CT molecular complexity index is 578. The number of benzene rings is 1. The highest BCUT2D eigenvalue weighted by Gasteiger charge is 2.11. The lowest BCUT2D eigenvalue weighted by molar-refractivity contribution is 0.101. The standard InChI is InChI=1S/C13H13BrN2O2/c1-16-7-10(14)6-12(16)13(18)15-11-4-2-3-9(5-11)8-17/h2-7,17H,8H2,1H3,(H,15,18). The first-order chi connectivity index (χ1) is 8.60. The smallest absolute Gasteiger partial charge is 0.272 e. The van der Waals surface area contributed by atoms with Crippen LogP contribution in [0.5, 0.6) is 0 Å². The molecule has 0 radical (unpaired) electrons. The zero-order valence-corrected chi connectivity index (χ0v) is 11.4. The molecule has 2 rings (SSSR count). The Hall–Kier alpha value is -1.59. The summed E-state index contributed by atoms with van der Waals surface area (Å²) in [6.07, 6.45) is 1.82. The fourth-order valence-electron chi connectivity index (χ4n) is 1.69. The minimum atomic E-state index is -0.182. The molecule has 1 amide bonds. The van der Waals surface area contributed by atoms with Gasteiger partial charge in [0.25, 0.3) is 5.91 Å². The van der Waals surface area contributed by atoms with Crippen molar-refractivity contribution in [2.24, 2.45) is 7.05 Å². The van der Waals surface area contributed by atoms with Crippen LogP contribution < -0.4 is 5.32 Å². The highest BCUT2D eigenvalue weighted by atomic mass is 79.9. The molecular formula is C13H13BrN2O2. The summed E-state index contributed by atoms with van der Waals surface area (Å²) in [5.41, 5.74) is 2.00. The number of nitrogens with zero attached hydrogens (tertiary/aromatic N) is 1. The second-order valence-corrected chi connectivity index (χ2v) is 4.88. The maximum absolute atomic E-state index is 12.0. The molecule has 1 heterocycles. The highest BCUT2D eigenvalue weighted by molar-refractivity contribution is 9.10. The summed E-state index contributed by atoms with van der Waals surface area (Å²) in [6.45, 7) is -0.0422. The van der Waals surface area contributed by atoms with E-state index in [1.54, 1.807) is 34.9 Å². The molecule has 0 bridgehead atoms. The molecule has 0 aliphatic heterocycles. The number of aliphatic hydroxyl groups excluding tert-OH is 1. The molecule has 4 nitrogen and oxygen atoms in total. The molecule has 1 aromatic heterocycles. The molecule has 0 aliphatic carbocycles. The number of rotatable bonds is 3. The van der Waals surface area contributed by atoms with Gasteiger partial charge in [-0.2, -0.15) is 0 Å². The third-order valence-corrected chi connectivity index (χ3v) is 3.01. The first-order valence-electron chi connectivity index (χ1n) is 5.43. The maximum Gasteiger partial charge on any atom is 0.272 e. The molecule has 0 fully saturated rings. The van der Waals surface area contributed by atoms with Gasteiger partial charge in [-0.3, -0.25) is 4.79 Å². The van der Waals surface area contributed by atoms with Crippen LogP contribution in [0.2, 0.25) is 0 Å². The summed E-state index contributed by atoms with van der Waals surface area (Å²) in [5, 5.41) is 11.8. The molecule has 1 aromatic carbocycles. The van der Waals surface area contributed by atoms with Crippen LogP contribution in [-0.2, 0) is 13.7 Å². The van der Waals surface area contributed by atoms with Gasteiger partial charge < -0.3 is 15.0 Å². The van der Waals surface area contributed by atoms with Crippen molar-refractivity contribution < 1.29 is 9.90 Å². The quantitative estimate of drug-likeness (QED) is 0.915. The Morgan fingerprint density at radius 1 is 1.44 bits per heavy atom. The van der Waals surface area contributed by atoms with Gasteiger partial charge in [-0.15, -0.1) is 0 Å². The highest BCUT2D eigenvalue weighted by Crippen LogP contribution is 2.16. The van der Waals surface area contributed by atoms with E-state index in [0.29, 0.717) is 11.4 Å². The number of hydrogen-bond donors (Lipinski definition) is 2. The summed E-state index contributed by atoms with van der Waals surface area (Å²) in [6, 6.07) is 8.88. The zero-order chi connectivity index (χ0) is 13.1. The van der Waals surface area contributed by atoms with Crippen molar-refractivity contribution in [1.82, 2.24) is 4.57 Å². The Morgan fingerprint density at radius 2 is 2.22 bits per heavy atom. The Morgan fingerprint density at radius 3 is 2.83 bits per heavy atom. The molecule has 0 spiro atoms. The molecule has 2 N–H and O–H groups in total. The lowest BCUT2D eigenvalue weighted by Crippen LogP contribution is -2.15. The number of aromatic nitrogens is 1. The van der Waals surface area contributed by atoms with Crippen LogP contribution in [0, 0.1) is 0 Å². The molecule has 0 saturated carbocycles. The van der Waals surface area contributed by atoms with Crippen molar-refractivity contribution >= 4 is 27.5 Å². The van der Waals surface area contributed by atoms with Crippen molar-refractivity contribution in [1.29, 1.82) is 0 Å². The van der Waals surface area contributed by atoms with Crippen LogP contribution in [0.25, 0.3) is 0 Å². The average molecular weight is 309 g/mol. The number of anilines is 1. The third-order valence-electron chi connectivity index (χ3n) is 2.57. The first kappa shape index (κ1) is 12.9. The van der Waals surface area contributed by atoms with Crippen LogP contribution in [0.4, 0.5) is 5.69 Å². The lowest BCUT2D eigenvalue weighted by atomic mass is 10.2. The largest absolute Gasteiger partial charge is 0.392 e. The van der Waals surface area contributed by atoms with Gasteiger partial charge in [-0.05, 0) is 39.7 Å². The predicted octanol–water partition coefficient (Wildman–Crippen LogP) is 2.53. The van der Waals surface area contributed by atoms with E-state index in [2.05, 4.69) is 21.2 Å².